The molecule has 27 heavy (non-hydrogen) atoms. The van der Waals surface area contributed by atoms with Crippen LogP contribution in [0.4, 0.5) is 5.69 Å². The zero-order valence-electron chi connectivity index (χ0n) is 16.4. The maximum absolute atomic E-state index is 11.9. The lowest BCUT2D eigenvalue weighted by Gasteiger charge is -2.20. The van der Waals surface area contributed by atoms with Crippen molar-refractivity contribution in [2.45, 2.75) is 33.1 Å². The van der Waals surface area contributed by atoms with E-state index in [2.05, 4.69) is 43.4 Å². The van der Waals surface area contributed by atoms with Gasteiger partial charge in [0, 0.05) is 37.3 Å². The molecule has 1 heterocycles. The van der Waals surface area contributed by atoms with Gasteiger partial charge in [-0.25, -0.2) is 0 Å². The Morgan fingerprint density at radius 1 is 1.15 bits per heavy atom. The van der Waals surface area contributed by atoms with Gasteiger partial charge in [-0.15, -0.1) is 0 Å². The number of nitrogens with one attached hydrogen (secondary N) is 1. The first-order valence-corrected chi connectivity index (χ1v) is 10.1. The van der Waals surface area contributed by atoms with Gasteiger partial charge in [-0.3, -0.25) is 4.79 Å². The van der Waals surface area contributed by atoms with Crippen molar-refractivity contribution in [3.05, 3.63) is 64.7 Å². The molecular formula is C23H29ClN2O. The van der Waals surface area contributed by atoms with E-state index in [0.717, 1.165) is 36.8 Å². The molecule has 4 heteroatoms. The van der Waals surface area contributed by atoms with Gasteiger partial charge in [0.05, 0.1) is 0 Å². The summed E-state index contributed by atoms with van der Waals surface area (Å²) < 4.78 is 0. The summed E-state index contributed by atoms with van der Waals surface area (Å²) in [6, 6.07) is 16.7. The van der Waals surface area contributed by atoms with Crippen LogP contribution in [-0.2, 0) is 11.2 Å². The number of rotatable bonds is 6. The van der Waals surface area contributed by atoms with Crippen LogP contribution in [0, 0.1) is 11.8 Å². The van der Waals surface area contributed by atoms with Crippen LogP contribution in [0.3, 0.4) is 0 Å². The minimum Gasteiger partial charge on any atom is -0.385 e. The van der Waals surface area contributed by atoms with Gasteiger partial charge < -0.3 is 10.2 Å². The van der Waals surface area contributed by atoms with Crippen molar-refractivity contribution in [2.75, 3.05) is 25.0 Å². The normalized spacial score (nSPS) is 19.5. The highest BCUT2D eigenvalue weighted by atomic mass is 35.5. The second-order valence-corrected chi connectivity index (χ2v) is 8.37. The molecule has 0 spiro atoms. The third-order valence-electron chi connectivity index (χ3n) is 5.55. The first-order valence-electron chi connectivity index (χ1n) is 9.76. The third-order valence-corrected chi connectivity index (χ3v) is 5.80. The largest absolute Gasteiger partial charge is 0.385 e. The molecule has 2 aromatic rings. The molecular weight excluding hydrogens is 356 g/mol. The molecule has 144 valence electrons. The fraction of sp³-hybridized carbons (Fsp3) is 0.435. The molecule has 1 saturated heterocycles. The van der Waals surface area contributed by atoms with Gasteiger partial charge in [0.2, 0.25) is 5.91 Å². The van der Waals surface area contributed by atoms with E-state index in [1.165, 1.54) is 11.1 Å². The number of carbonyl (C=O) groups is 1. The van der Waals surface area contributed by atoms with E-state index in [-0.39, 0.29) is 5.91 Å². The molecule has 3 rings (SSSR count). The Bertz CT molecular complexity index is 772. The number of halogens is 1. The Morgan fingerprint density at radius 3 is 2.52 bits per heavy atom. The molecule has 0 saturated carbocycles. The number of carbonyl (C=O) groups excluding carboxylic acids is 1. The number of likely N-dealkylation sites (tertiary alicyclic amines) is 1. The lowest BCUT2D eigenvalue weighted by Crippen LogP contribution is -2.27. The summed E-state index contributed by atoms with van der Waals surface area (Å²) in [6.07, 6.45) is 1.01. The zero-order valence-corrected chi connectivity index (χ0v) is 17.2. The van der Waals surface area contributed by atoms with E-state index in [9.17, 15) is 4.79 Å². The van der Waals surface area contributed by atoms with Gasteiger partial charge in [0.15, 0.2) is 0 Å². The van der Waals surface area contributed by atoms with Crippen molar-refractivity contribution >= 4 is 23.2 Å². The minimum absolute atomic E-state index is 0.171. The topological polar surface area (TPSA) is 32.3 Å². The van der Waals surface area contributed by atoms with E-state index in [0.29, 0.717) is 17.8 Å². The summed E-state index contributed by atoms with van der Waals surface area (Å²) in [5.41, 5.74) is 3.82. The molecule has 0 radical (unpaired) electrons. The van der Waals surface area contributed by atoms with Gasteiger partial charge in [0.25, 0.3) is 0 Å². The van der Waals surface area contributed by atoms with Gasteiger partial charge in [0.1, 0.15) is 0 Å². The predicted molar refractivity (Wildman–Crippen MR) is 113 cm³/mol. The van der Waals surface area contributed by atoms with Gasteiger partial charge >= 0.3 is 0 Å². The van der Waals surface area contributed by atoms with Gasteiger partial charge in [-0.05, 0) is 59.6 Å². The van der Waals surface area contributed by atoms with Crippen molar-refractivity contribution < 1.29 is 4.79 Å². The van der Waals surface area contributed by atoms with Crippen LogP contribution in [0.1, 0.15) is 37.8 Å². The Kier molecular flexibility index (Phi) is 6.43. The predicted octanol–water partition coefficient (Wildman–Crippen LogP) is 5.21. The summed E-state index contributed by atoms with van der Waals surface area (Å²) in [4.78, 5) is 13.9. The SMILES string of the molecule is CC(=O)N1CC(Cc2cccc(C(C)C)c2)[C@@H](CNc2ccc(Cl)cc2)C1. The Labute approximate surface area is 167 Å². The highest BCUT2D eigenvalue weighted by molar-refractivity contribution is 6.30. The average molecular weight is 385 g/mol. The van der Waals surface area contributed by atoms with E-state index in [4.69, 9.17) is 11.6 Å². The molecule has 0 bridgehead atoms. The smallest absolute Gasteiger partial charge is 0.219 e. The molecule has 3 nitrogen and oxygen atoms in total. The van der Waals surface area contributed by atoms with Crippen LogP contribution in [0.2, 0.25) is 5.02 Å². The first-order chi connectivity index (χ1) is 12.9. The van der Waals surface area contributed by atoms with E-state index >= 15 is 0 Å². The van der Waals surface area contributed by atoms with Crippen molar-refractivity contribution in [1.82, 2.24) is 4.90 Å². The first kappa shape index (κ1) is 19.8. The molecule has 1 N–H and O–H groups in total. The molecule has 1 unspecified atom stereocenters. The van der Waals surface area contributed by atoms with Crippen LogP contribution in [-0.4, -0.2) is 30.4 Å². The quantitative estimate of drug-likeness (QED) is 0.741. The lowest BCUT2D eigenvalue weighted by molar-refractivity contribution is -0.128. The summed E-state index contributed by atoms with van der Waals surface area (Å²) in [7, 11) is 0. The fourth-order valence-electron chi connectivity index (χ4n) is 3.86. The molecule has 1 fully saturated rings. The van der Waals surface area contributed by atoms with Crippen LogP contribution < -0.4 is 5.32 Å². The molecule has 2 atom stereocenters. The van der Waals surface area contributed by atoms with Crippen LogP contribution in [0.5, 0.6) is 0 Å². The van der Waals surface area contributed by atoms with Crippen molar-refractivity contribution in [3.63, 3.8) is 0 Å². The zero-order chi connectivity index (χ0) is 19.4. The van der Waals surface area contributed by atoms with Crippen LogP contribution >= 0.6 is 11.6 Å². The highest BCUT2D eigenvalue weighted by Crippen LogP contribution is 2.28. The number of amides is 1. The molecule has 0 aromatic heterocycles. The second-order valence-electron chi connectivity index (χ2n) is 7.94. The minimum atomic E-state index is 0.171. The van der Waals surface area contributed by atoms with E-state index in [1.54, 1.807) is 6.92 Å². The third kappa shape index (κ3) is 5.26. The summed E-state index contributed by atoms with van der Waals surface area (Å²) in [5, 5.41) is 4.26. The number of nitrogens with zero attached hydrogens (tertiary/aromatic N) is 1. The maximum Gasteiger partial charge on any atom is 0.219 e. The summed E-state index contributed by atoms with van der Waals surface area (Å²) in [6.45, 7) is 8.65. The van der Waals surface area contributed by atoms with E-state index in [1.807, 2.05) is 29.2 Å². The second kappa shape index (κ2) is 8.79. The fourth-order valence-corrected chi connectivity index (χ4v) is 3.98. The number of hydrogen-bond acceptors (Lipinski definition) is 2. The monoisotopic (exact) mass is 384 g/mol. The van der Waals surface area contributed by atoms with Gasteiger partial charge in [-0.2, -0.15) is 0 Å². The van der Waals surface area contributed by atoms with Crippen molar-refractivity contribution in [2.24, 2.45) is 11.8 Å². The van der Waals surface area contributed by atoms with Gasteiger partial charge in [-0.1, -0.05) is 49.7 Å². The van der Waals surface area contributed by atoms with Crippen LogP contribution in [0.15, 0.2) is 48.5 Å². The Balaban J connectivity index is 1.69. The Hall–Kier alpha value is -2.00. The number of benzene rings is 2. The standard InChI is InChI=1S/C23H29ClN2O/c1-16(2)19-6-4-5-18(11-19)12-20-14-26(17(3)27)15-21(20)13-25-23-9-7-22(24)8-10-23/h4-11,16,20-21,25H,12-15H2,1-3H3/t20?,21-/m0/s1. The van der Waals surface area contributed by atoms with Crippen molar-refractivity contribution in [3.8, 4) is 0 Å². The lowest BCUT2D eigenvalue weighted by atomic mass is 9.88. The summed E-state index contributed by atoms with van der Waals surface area (Å²) >= 11 is 5.97. The van der Waals surface area contributed by atoms with E-state index < -0.39 is 0 Å². The van der Waals surface area contributed by atoms with Crippen LogP contribution in [0.25, 0.3) is 0 Å². The molecule has 2 aromatic carbocycles. The number of hydrogen-bond donors (Lipinski definition) is 1. The molecule has 0 aliphatic carbocycles. The average Bonchev–Trinajstić information content (AvgIpc) is 3.04. The maximum atomic E-state index is 11.9. The molecule has 1 aliphatic rings. The number of anilines is 1. The molecule has 1 aliphatic heterocycles. The summed E-state index contributed by atoms with van der Waals surface area (Å²) in [5.74, 6) is 1.61. The Morgan fingerprint density at radius 2 is 1.85 bits per heavy atom. The molecule has 1 amide bonds. The highest BCUT2D eigenvalue weighted by Gasteiger charge is 2.33. The van der Waals surface area contributed by atoms with Crippen molar-refractivity contribution in [1.29, 1.82) is 0 Å².